The summed E-state index contributed by atoms with van der Waals surface area (Å²) in [4.78, 5) is 16.2. The first-order chi connectivity index (χ1) is 20.0. The quantitative estimate of drug-likeness (QED) is 0.172. The van der Waals surface area contributed by atoms with Crippen molar-refractivity contribution in [2.75, 3.05) is 5.75 Å². The smallest absolute Gasteiger partial charge is 0.303 e. The summed E-state index contributed by atoms with van der Waals surface area (Å²) in [6.07, 6.45) is 6.86. The minimum absolute atomic E-state index is 0.0553. The summed E-state index contributed by atoms with van der Waals surface area (Å²) < 4.78 is 14.0. The minimum atomic E-state index is -1.27. The molecule has 2 atom stereocenters. The summed E-state index contributed by atoms with van der Waals surface area (Å²) in [5.41, 5.74) is 4.09. The molecular weight excluding hydrogens is 566 g/mol. The van der Waals surface area contributed by atoms with Crippen molar-refractivity contribution in [1.29, 1.82) is 0 Å². The topological polar surface area (TPSA) is 87.5 Å². The van der Waals surface area contributed by atoms with Gasteiger partial charge in [-0.3, -0.25) is 9.00 Å². The van der Waals surface area contributed by atoms with Crippen LogP contribution in [0.4, 0.5) is 0 Å². The Bertz CT molecular complexity index is 1650. The second-order valence-electron chi connectivity index (χ2n) is 11.9. The number of aliphatic carboxylic acids is 1. The average Bonchev–Trinajstić information content (AvgIpc) is 3.69. The van der Waals surface area contributed by atoms with Crippen molar-refractivity contribution in [3.63, 3.8) is 0 Å². The van der Waals surface area contributed by atoms with Gasteiger partial charge < -0.3 is 10.2 Å². The SMILES string of the molecule is CC(C)(O)c1ccccc1CC[C@H](c1cccc(/C=C/c2ccc3ccc(Cl)cc3n2)c1)S(=O)CC1(CC(=O)O)CC1. The molecule has 2 N–H and O–H groups in total. The molecule has 0 bridgehead atoms. The van der Waals surface area contributed by atoms with E-state index in [0.717, 1.165) is 51.7 Å². The summed E-state index contributed by atoms with van der Waals surface area (Å²) in [7, 11) is -1.27. The summed E-state index contributed by atoms with van der Waals surface area (Å²) in [5, 5.41) is 21.6. The Balaban J connectivity index is 1.41. The van der Waals surface area contributed by atoms with Crippen molar-refractivity contribution in [3.05, 3.63) is 112 Å². The van der Waals surface area contributed by atoms with E-state index in [1.165, 1.54) is 0 Å². The molecule has 1 fully saturated rings. The third-order valence-corrected chi connectivity index (χ3v) is 10.3. The molecule has 0 saturated heterocycles. The molecule has 1 unspecified atom stereocenters. The van der Waals surface area contributed by atoms with Crippen molar-refractivity contribution < 1.29 is 19.2 Å². The van der Waals surface area contributed by atoms with E-state index in [-0.39, 0.29) is 17.1 Å². The number of nitrogens with zero attached hydrogens (tertiary/aromatic N) is 1. The third kappa shape index (κ3) is 7.54. The van der Waals surface area contributed by atoms with Gasteiger partial charge >= 0.3 is 5.97 Å². The molecule has 0 amide bonds. The van der Waals surface area contributed by atoms with E-state index >= 15 is 0 Å². The Morgan fingerprint density at radius 2 is 1.81 bits per heavy atom. The van der Waals surface area contributed by atoms with Gasteiger partial charge in [-0.15, -0.1) is 0 Å². The molecule has 7 heteroatoms. The van der Waals surface area contributed by atoms with E-state index in [1.54, 1.807) is 13.8 Å². The molecule has 1 aliphatic rings. The summed E-state index contributed by atoms with van der Waals surface area (Å²) >= 11 is 6.16. The summed E-state index contributed by atoms with van der Waals surface area (Å²) in [5.74, 6) is -0.461. The van der Waals surface area contributed by atoms with Crippen LogP contribution < -0.4 is 0 Å². The first kappa shape index (κ1) is 30.1. The fourth-order valence-electron chi connectivity index (χ4n) is 5.59. The Labute approximate surface area is 254 Å². The maximum Gasteiger partial charge on any atom is 0.303 e. The average molecular weight is 602 g/mol. The normalized spacial score (nSPS) is 16.0. The fourth-order valence-corrected chi connectivity index (χ4v) is 7.78. The second-order valence-corrected chi connectivity index (χ2v) is 14.0. The van der Waals surface area contributed by atoms with Gasteiger partial charge in [0.05, 0.1) is 28.5 Å². The Kier molecular flexibility index (Phi) is 8.97. The largest absolute Gasteiger partial charge is 0.481 e. The van der Waals surface area contributed by atoms with Crippen molar-refractivity contribution in [2.24, 2.45) is 5.41 Å². The van der Waals surface area contributed by atoms with Crippen LogP contribution in [0.1, 0.15) is 72.7 Å². The molecule has 218 valence electrons. The maximum absolute atomic E-state index is 14.0. The van der Waals surface area contributed by atoms with Crippen molar-refractivity contribution in [2.45, 2.75) is 56.8 Å². The van der Waals surface area contributed by atoms with Crippen LogP contribution in [0.5, 0.6) is 0 Å². The molecular formula is C35H36ClNO4S. The minimum Gasteiger partial charge on any atom is -0.481 e. The van der Waals surface area contributed by atoms with Gasteiger partial charge in [0.15, 0.2) is 0 Å². The summed E-state index contributed by atoms with van der Waals surface area (Å²) in [6.45, 7) is 3.55. The molecule has 1 heterocycles. The monoisotopic (exact) mass is 601 g/mol. The van der Waals surface area contributed by atoms with Gasteiger partial charge in [-0.05, 0) is 91.5 Å². The van der Waals surface area contributed by atoms with Gasteiger partial charge in [0.25, 0.3) is 0 Å². The highest BCUT2D eigenvalue weighted by Gasteiger charge is 2.46. The van der Waals surface area contributed by atoms with Crippen LogP contribution in [0.2, 0.25) is 5.02 Å². The van der Waals surface area contributed by atoms with Crippen LogP contribution in [0, 0.1) is 5.41 Å². The molecule has 5 nitrogen and oxygen atoms in total. The number of aromatic nitrogens is 1. The van der Waals surface area contributed by atoms with Gasteiger partial charge in [0, 0.05) is 27.0 Å². The van der Waals surface area contributed by atoms with Crippen LogP contribution in [-0.2, 0) is 27.6 Å². The zero-order valence-corrected chi connectivity index (χ0v) is 25.5. The number of halogens is 1. The van der Waals surface area contributed by atoms with Crippen LogP contribution in [-0.4, -0.2) is 31.1 Å². The van der Waals surface area contributed by atoms with Crippen LogP contribution in [0.15, 0.2) is 78.9 Å². The lowest BCUT2D eigenvalue weighted by Gasteiger charge is -2.24. The number of carboxylic acids is 1. The van der Waals surface area contributed by atoms with Gasteiger partial charge in [0.1, 0.15) is 0 Å². The lowest BCUT2D eigenvalue weighted by molar-refractivity contribution is -0.138. The standard InChI is InChI=1S/C35H36ClNO4S/c1-34(2,40)30-9-4-3-7-25(30)13-17-32(42(41)23-35(18-19-35)22-33(38)39)27-8-5-6-24(20-27)10-15-29-16-12-26-11-14-28(36)21-31(26)37-29/h3-12,14-16,20-21,32,40H,13,17-19,22-23H2,1-2H3,(H,38,39)/b15-10+/t32-,42?/m1/s1. The predicted octanol–water partition coefficient (Wildman–Crippen LogP) is 7.96. The van der Waals surface area contributed by atoms with Crippen LogP contribution >= 0.6 is 11.6 Å². The van der Waals surface area contributed by atoms with Crippen LogP contribution in [0.25, 0.3) is 23.1 Å². The molecule has 0 spiro atoms. The van der Waals surface area contributed by atoms with E-state index in [9.17, 15) is 19.2 Å². The lowest BCUT2D eigenvalue weighted by atomic mass is 9.90. The molecule has 1 saturated carbocycles. The molecule has 0 aliphatic heterocycles. The molecule has 5 rings (SSSR count). The first-order valence-electron chi connectivity index (χ1n) is 14.3. The summed E-state index contributed by atoms with van der Waals surface area (Å²) in [6, 6.07) is 25.5. The lowest BCUT2D eigenvalue weighted by Crippen LogP contribution is -2.22. The number of hydrogen-bond acceptors (Lipinski definition) is 4. The third-order valence-electron chi connectivity index (χ3n) is 8.01. The maximum atomic E-state index is 14.0. The number of hydrogen-bond donors (Lipinski definition) is 2. The van der Waals surface area contributed by atoms with E-state index < -0.39 is 22.4 Å². The van der Waals surface area contributed by atoms with Crippen LogP contribution in [0.3, 0.4) is 0 Å². The van der Waals surface area contributed by atoms with E-state index in [0.29, 0.717) is 23.6 Å². The number of carbonyl (C=O) groups is 1. The number of aliphatic hydroxyl groups is 1. The highest BCUT2D eigenvalue weighted by molar-refractivity contribution is 7.85. The molecule has 42 heavy (non-hydrogen) atoms. The molecule has 0 radical (unpaired) electrons. The molecule has 3 aromatic carbocycles. The highest BCUT2D eigenvalue weighted by atomic mass is 35.5. The zero-order valence-electron chi connectivity index (χ0n) is 23.9. The van der Waals surface area contributed by atoms with Gasteiger partial charge in [-0.1, -0.05) is 78.3 Å². The Hall–Kier alpha value is -3.32. The van der Waals surface area contributed by atoms with Gasteiger partial charge in [-0.25, -0.2) is 4.98 Å². The zero-order chi connectivity index (χ0) is 29.9. The van der Waals surface area contributed by atoms with E-state index in [1.807, 2.05) is 84.9 Å². The number of fused-ring (bicyclic) bond motifs is 1. The van der Waals surface area contributed by atoms with Crippen molar-refractivity contribution in [3.8, 4) is 0 Å². The number of pyridine rings is 1. The fraction of sp³-hybridized carbons (Fsp3) is 0.314. The van der Waals surface area contributed by atoms with Gasteiger partial charge in [-0.2, -0.15) is 0 Å². The molecule has 1 aromatic heterocycles. The van der Waals surface area contributed by atoms with Gasteiger partial charge in [0.2, 0.25) is 0 Å². The number of benzene rings is 3. The number of rotatable bonds is 12. The number of carboxylic acid groups (broad SMARTS) is 1. The molecule has 4 aromatic rings. The molecule has 1 aliphatic carbocycles. The second kappa shape index (κ2) is 12.5. The number of aryl methyl sites for hydroxylation is 1. The predicted molar refractivity (Wildman–Crippen MR) is 172 cm³/mol. The Morgan fingerprint density at radius 3 is 2.55 bits per heavy atom. The first-order valence-corrected chi connectivity index (χ1v) is 16.0. The van der Waals surface area contributed by atoms with Crippen molar-refractivity contribution >= 4 is 51.4 Å². The van der Waals surface area contributed by atoms with Crippen molar-refractivity contribution in [1.82, 2.24) is 4.98 Å². The Morgan fingerprint density at radius 1 is 1.05 bits per heavy atom. The van der Waals surface area contributed by atoms with E-state index in [2.05, 4.69) is 6.07 Å². The van der Waals surface area contributed by atoms with E-state index in [4.69, 9.17) is 16.6 Å². The highest BCUT2D eigenvalue weighted by Crippen LogP contribution is 2.50.